The number of ether oxygens (including phenoxy) is 1. The molecule has 9 nitrogen and oxygen atoms in total. The van der Waals surface area contributed by atoms with Gasteiger partial charge in [-0.3, -0.25) is 4.98 Å². The zero-order chi connectivity index (χ0) is 25.7. The molecule has 3 heterocycles. The second-order valence-corrected chi connectivity index (χ2v) is 10.5. The Labute approximate surface area is 217 Å². The standard InChI is InChI=1S/C27H30N6O3S/c1-36-24-9-7-21(8-10-24)26-25(30-27(31-26)22-5-3-2-4-6-22)13-16-29-37(34,35)33-19-17-32(18-20-33)23-11-14-28-15-12-23/h2-12,14-15,29H,13,16-20H2,1H3,(H,30,31). The molecule has 2 aromatic heterocycles. The smallest absolute Gasteiger partial charge is 0.279 e. The van der Waals surface area contributed by atoms with Crippen molar-refractivity contribution in [2.45, 2.75) is 6.42 Å². The van der Waals surface area contributed by atoms with Crippen molar-refractivity contribution in [3.8, 4) is 28.4 Å². The van der Waals surface area contributed by atoms with E-state index in [0.29, 0.717) is 32.6 Å². The molecule has 0 aliphatic carbocycles. The summed E-state index contributed by atoms with van der Waals surface area (Å²) >= 11 is 0. The average molecular weight is 519 g/mol. The second-order valence-electron chi connectivity index (χ2n) is 8.74. The van der Waals surface area contributed by atoms with Gasteiger partial charge in [0.15, 0.2) is 0 Å². The minimum atomic E-state index is -3.60. The van der Waals surface area contributed by atoms with Crippen LogP contribution in [-0.2, 0) is 16.6 Å². The first kappa shape index (κ1) is 24.9. The molecule has 0 saturated carbocycles. The molecule has 1 saturated heterocycles. The zero-order valence-electron chi connectivity index (χ0n) is 20.7. The summed E-state index contributed by atoms with van der Waals surface area (Å²) in [5.74, 6) is 1.52. The Morgan fingerprint density at radius 3 is 2.30 bits per heavy atom. The second kappa shape index (κ2) is 11.1. The third-order valence-electron chi connectivity index (χ3n) is 6.46. The van der Waals surface area contributed by atoms with Crippen LogP contribution in [0, 0.1) is 0 Å². The van der Waals surface area contributed by atoms with Crippen LogP contribution in [0.25, 0.3) is 22.6 Å². The van der Waals surface area contributed by atoms with Crippen LogP contribution in [0.5, 0.6) is 5.75 Å². The van der Waals surface area contributed by atoms with E-state index in [1.54, 1.807) is 19.5 Å². The highest BCUT2D eigenvalue weighted by Crippen LogP contribution is 2.28. The van der Waals surface area contributed by atoms with Gasteiger partial charge in [-0.05, 0) is 36.4 Å². The summed E-state index contributed by atoms with van der Waals surface area (Å²) in [4.78, 5) is 14.5. The first-order valence-corrected chi connectivity index (χ1v) is 13.7. The van der Waals surface area contributed by atoms with Crippen molar-refractivity contribution >= 4 is 15.9 Å². The van der Waals surface area contributed by atoms with Gasteiger partial charge in [0.05, 0.1) is 18.5 Å². The fourth-order valence-electron chi connectivity index (χ4n) is 4.45. The predicted molar refractivity (Wildman–Crippen MR) is 145 cm³/mol. The van der Waals surface area contributed by atoms with Gasteiger partial charge in [-0.15, -0.1) is 0 Å². The molecule has 1 fully saturated rings. The number of nitrogens with one attached hydrogen (secondary N) is 2. The van der Waals surface area contributed by atoms with Crippen molar-refractivity contribution < 1.29 is 13.2 Å². The van der Waals surface area contributed by atoms with Crippen molar-refractivity contribution in [2.24, 2.45) is 0 Å². The van der Waals surface area contributed by atoms with E-state index in [9.17, 15) is 8.42 Å². The first-order chi connectivity index (χ1) is 18.0. The zero-order valence-corrected chi connectivity index (χ0v) is 21.5. The molecule has 37 heavy (non-hydrogen) atoms. The summed E-state index contributed by atoms with van der Waals surface area (Å²) in [6.45, 7) is 2.36. The van der Waals surface area contributed by atoms with Crippen LogP contribution >= 0.6 is 0 Å². The fourth-order valence-corrected chi connectivity index (χ4v) is 5.64. The summed E-state index contributed by atoms with van der Waals surface area (Å²) < 4.78 is 35.6. The van der Waals surface area contributed by atoms with E-state index in [-0.39, 0.29) is 6.54 Å². The highest BCUT2D eigenvalue weighted by Gasteiger charge is 2.27. The van der Waals surface area contributed by atoms with Gasteiger partial charge in [0, 0.05) is 68.4 Å². The quantitative estimate of drug-likeness (QED) is 0.352. The molecule has 0 atom stereocenters. The number of aromatic nitrogens is 3. The maximum atomic E-state index is 13.0. The van der Waals surface area contributed by atoms with Crippen molar-refractivity contribution in [1.82, 2.24) is 24.0 Å². The number of benzene rings is 2. The van der Waals surface area contributed by atoms with Gasteiger partial charge in [0.25, 0.3) is 10.2 Å². The number of hydrogen-bond donors (Lipinski definition) is 2. The Bertz CT molecular complexity index is 1400. The third-order valence-corrected chi connectivity index (χ3v) is 8.07. The minimum absolute atomic E-state index is 0.245. The van der Waals surface area contributed by atoms with Crippen LogP contribution < -0.4 is 14.4 Å². The molecule has 0 unspecified atom stereocenters. The molecule has 1 aliphatic heterocycles. The maximum absolute atomic E-state index is 13.0. The van der Waals surface area contributed by atoms with Crippen LogP contribution in [0.4, 0.5) is 5.69 Å². The monoisotopic (exact) mass is 518 g/mol. The molecular weight excluding hydrogens is 488 g/mol. The molecule has 0 radical (unpaired) electrons. The van der Waals surface area contributed by atoms with E-state index in [2.05, 4.69) is 19.6 Å². The highest BCUT2D eigenvalue weighted by molar-refractivity contribution is 7.87. The summed E-state index contributed by atoms with van der Waals surface area (Å²) in [7, 11) is -1.97. The topological polar surface area (TPSA) is 103 Å². The van der Waals surface area contributed by atoms with E-state index in [0.717, 1.165) is 39.8 Å². The lowest BCUT2D eigenvalue weighted by molar-refractivity contribution is 0.378. The SMILES string of the molecule is COc1ccc(-c2[nH]c(-c3ccccc3)nc2CCNS(=O)(=O)N2CCN(c3ccncc3)CC2)cc1. The van der Waals surface area contributed by atoms with Gasteiger partial charge in [0.2, 0.25) is 0 Å². The van der Waals surface area contributed by atoms with Crippen molar-refractivity contribution in [2.75, 3.05) is 44.7 Å². The number of aromatic amines is 1. The maximum Gasteiger partial charge on any atom is 0.279 e. The van der Waals surface area contributed by atoms with Gasteiger partial charge in [-0.25, -0.2) is 9.71 Å². The van der Waals surface area contributed by atoms with Crippen LogP contribution in [0.15, 0.2) is 79.1 Å². The fraction of sp³-hybridized carbons (Fsp3) is 0.259. The molecule has 1 aliphatic rings. The van der Waals surface area contributed by atoms with Crippen molar-refractivity contribution in [1.29, 1.82) is 0 Å². The molecule has 0 amide bonds. The molecule has 2 N–H and O–H groups in total. The van der Waals surface area contributed by atoms with Crippen molar-refractivity contribution in [3.63, 3.8) is 0 Å². The Morgan fingerprint density at radius 1 is 0.919 bits per heavy atom. The number of piperazine rings is 1. The van der Waals surface area contributed by atoms with E-state index in [1.165, 1.54) is 4.31 Å². The molecule has 2 aromatic carbocycles. The molecule has 10 heteroatoms. The Hall–Kier alpha value is -3.73. The molecule has 0 spiro atoms. The van der Waals surface area contributed by atoms with Crippen LogP contribution in [-0.4, -0.2) is 67.5 Å². The number of methoxy groups -OCH3 is 1. The number of anilines is 1. The van der Waals surface area contributed by atoms with E-state index in [4.69, 9.17) is 9.72 Å². The van der Waals surface area contributed by atoms with Gasteiger partial charge in [-0.2, -0.15) is 12.7 Å². The molecule has 192 valence electrons. The van der Waals surface area contributed by atoms with Gasteiger partial charge < -0.3 is 14.6 Å². The molecule has 4 aromatic rings. The number of nitrogens with zero attached hydrogens (tertiary/aromatic N) is 4. The number of hydrogen-bond acceptors (Lipinski definition) is 6. The van der Waals surface area contributed by atoms with E-state index >= 15 is 0 Å². The summed E-state index contributed by atoms with van der Waals surface area (Å²) in [6.07, 6.45) is 3.94. The van der Waals surface area contributed by atoms with Crippen LogP contribution in [0.3, 0.4) is 0 Å². The normalized spacial score (nSPS) is 14.6. The van der Waals surface area contributed by atoms with Crippen LogP contribution in [0.2, 0.25) is 0 Å². The number of imidazole rings is 1. The first-order valence-electron chi connectivity index (χ1n) is 12.2. The molecule has 0 bridgehead atoms. The van der Waals surface area contributed by atoms with Crippen LogP contribution in [0.1, 0.15) is 5.69 Å². The lowest BCUT2D eigenvalue weighted by atomic mass is 10.1. The molecule has 5 rings (SSSR count). The lowest BCUT2D eigenvalue weighted by Crippen LogP contribution is -2.52. The largest absolute Gasteiger partial charge is 0.497 e. The van der Waals surface area contributed by atoms with Crippen molar-refractivity contribution in [3.05, 3.63) is 84.8 Å². The molecular formula is C27H30N6O3S. The Kier molecular flexibility index (Phi) is 7.50. The van der Waals surface area contributed by atoms with E-state index < -0.39 is 10.2 Å². The number of rotatable bonds is 9. The summed E-state index contributed by atoms with van der Waals surface area (Å²) in [5.41, 5.74) is 4.65. The third kappa shape index (κ3) is 5.82. The highest BCUT2D eigenvalue weighted by atomic mass is 32.2. The summed E-state index contributed by atoms with van der Waals surface area (Å²) in [6, 6.07) is 21.5. The Morgan fingerprint density at radius 2 is 1.62 bits per heavy atom. The van der Waals surface area contributed by atoms with Gasteiger partial charge >= 0.3 is 0 Å². The minimum Gasteiger partial charge on any atom is -0.497 e. The predicted octanol–water partition coefficient (Wildman–Crippen LogP) is 3.35. The van der Waals surface area contributed by atoms with E-state index in [1.807, 2.05) is 66.7 Å². The average Bonchev–Trinajstić information content (AvgIpc) is 3.38. The number of H-pyrrole nitrogens is 1. The summed E-state index contributed by atoms with van der Waals surface area (Å²) in [5, 5.41) is 0. The number of pyridine rings is 1. The lowest BCUT2D eigenvalue weighted by Gasteiger charge is -2.35. The Balaban J connectivity index is 1.27. The van der Waals surface area contributed by atoms with Gasteiger partial charge in [0.1, 0.15) is 11.6 Å². The van der Waals surface area contributed by atoms with Gasteiger partial charge in [-0.1, -0.05) is 30.3 Å².